The zero-order valence-electron chi connectivity index (χ0n) is 15.1. The molecule has 25 heavy (non-hydrogen) atoms. The fourth-order valence-electron chi connectivity index (χ4n) is 4.19. The lowest BCUT2D eigenvalue weighted by atomic mass is 9.97. The molecule has 134 valence electrons. The van der Waals surface area contributed by atoms with Crippen LogP contribution in [0.4, 0.5) is 11.4 Å². The predicted molar refractivity (Wildman–Crippen MR) is 101 cm³/mol. The zero-order valence-corrected chi connectivity index (χ0v) is 15.1. The summed E-state index contributed by atoms with van der Waals surface area (Å²) in [6.45, 7) is 4.49. The van der Waals surface area contributed by atoms with Crippen LogP contribution in [0.3, 0.4) is 0 Å². The van der Waals surface area contributed by atoms with Crippen LogP contribution < -0.4 is 15.4 Å². The van der Waals surface area contributed by atoms with Crippen LogP contribution in [0.1, 0.15) is 19.3 Å². The van der Waals surface area contributed by atoms with Gasteiger partial charge in [-0.2, -0.15) is 5.10 Å². The number of benzene rings is 1. The van der Waals surface area contributed by atoms with Crippen molar-refractivity contribution in [2.75, 3.05) is 43.9 Å². The number of nitrogens with two attached hydrogens (primary N) is 1. The highest BCUT2D eigenvalue weighted by Crippen LogP contribution is 2.39. The highest BCUT2D eigenvalue weighted by atomic mass is 16.5. The average Bonchev–Trinajstić information content (AvgIpc) is 3.07. The van der Waals surface area contributed by atoms with E-state index >= 15 is 0 Å². The van der Waals surface area contributed by atoms with E-state index in [0.717, 1.165) is 36.5 Å². The molecule has 1 aromatic carbocycles. The summed E-state index contributed by atoms with van der Waals surface area (Å²) in [5.74, 6) is 0.744. The van der Waals surface area contributed by atoms with E-state index in [0.29, 0.717) is 11.7 Å². The van der Waals surface area contributed by atoms with Gasteiger partial charge in [0.1, 0.15) is 5.75 Å². The maximum Gasteiger partial charge on any atom is 0.143 e. The Bertz CT molecular complexity index is 756. The number of piperidine rings is 1. The van der Waals surface area contributed by atoms with Crippen LogP contribution in [0.5, 0.6) is 5.75 Å². The highest BCUT2D eigenvalue weighted by molar-refractivity contribution is 5.83. The molecule has 1 aromatic heterocycles. The molecule has 0 bridgehead atoms. The van der Waals surface area contributed by atoms with Gasteiger partial charge < -0.3 is 15.4 Å². The Balaban J connectivity index is 1.72. The number of aromatic nitrogens is 2. The van der Waals surface area contributed by atoms with Gasteiger partial charge in [-0.15, -0.1) is 0 Å². The molecular weight excluding hydrogens is 314 g/mol. The smallest absolute Gasteiger partial charge is 0.143 e. The Labute approximate surface area is 149 Å². The second-order valence-corrected chi connectivity index (χ2v) is 7.15. The molecule has 2 aliphatic heterocycles. The number of fused-ring (bicyclic) bond motifs is 1. The van der Waals surface area contributed by atoms with Gasteiger partial charge in [0, 0.05) is 61.8 Å². The monoisotopic (exact) mass is 341 g/mol. The van der Waals surface area contributed by atoms with Crippen LogP contribution in [-0.4, -0.2) is 54.0 Å². The molecule has 0 unspecified atom stereocenters. The fourth-order valence-corrected chi connectivity index (χ4v) is 4.19. The number of hydrogen-bond donors (Lipinski definition) is 1. The molecule has 0 saturated carbocycles. The van der Waals surface area contributed by atoms with E-state index in [1.54, 1.807) is 7.11 Å². The Kier molecular flexibility index (Phi) is 4.29. The second-order valence-electron chi connectivity index (χ2n) is 7.15. The molecule has 2 saturated heterocycles. The van der Waals surface area contributed by atoms with Gasteiger partial charge in [0.25, 0.3) is 0 Å². The summed E-state index contributed by atoms with van der Waals surface area (Å²) in [6.07, 6.45) is 7.93. The first-order valence-corrected chi connectivity index (χ1v) is 9.11. The van der Waals surface area contributed by atoms with Gasteiger partial charge >= 0.3 is 0 Å². The maximum absolute atomic E-state index is 6.20. The number of nitrogens with zero attached hydrogens (tertiary/aromatic N) is 4. The Morgan fingerprint density at radius 1 is 1.20 bits per heavy atom. The van der Waals surface area contributed by atoms with E-state index in [9.17, 15) is 0 Å². The van der Waals surface area contributed by atoms with Crippen LogP contribution in [0.2, 0.25) is 0 Å². The van der Waals surface area contributed by atoms with Crippen molar-refractivity contribution in [2.45, 2.75) is 25.3 Å². The molecule has 0 radical (unpaired) electrons. The SMILES string of the molecule is COc1cc(N2CCN3CCCC[C@@H]3C2)c(-c2cnn(C)c2)cc1N. The lowest BCUT2D eigenvalue weighted by molar-refractivity contribution is 0.133. The molecule has 1 atom stereocenters. The van der Waals surface area contributed by atoms with Crippen molar-refractivity contribution in [1.29, 1.82) is 0 Å². The summed E-state index contributed by atoms with van der Waals surface area (Å²) < 4.78 is 7.33. The van der Waals surface area contributed by atoms with E-state index in [1.807, 2.05) is 30.2 Å². The first kappa shape index (κ1) is 16.3. The minimum atomic E-state index is 0.660. The van der Waals surface area contributed by atoms with Crippen molar-refractivity contribution in [3.05, 3.63) is 24.5 Å². The van der Waals surface area contributed by atoms with Crippen LogP contribution in [0.15, 0.2) is 24.5 Å². The van der Waals surface area contributed by atoms with E-state index in [2.05, 4.69) is 21.0 Å². The number of ether oxygens (including phenoxy) is 1. The second kappa shape index (κ2) is 6.59. The van der Waals surface area contributed by atoms with Gasteiger partial charge in [-0.05, 0) is 25.5 Å². The van der Waals surface area contributed by atoms with Gasteiger partial charge in [0.2, 0.25) is 0 Å². The summed E-state index contributed by atoms with van der Waals surface area (Å²) in [6, 6.07) is 4.78. The first-order valence-electron chi connectivity index (χ1n) is 9.11. The molecule has 2 aliphatic rings. The van der Waals surface area contributed by atoms with Crippen molar-refractivity contribution in [3.63, 3.8) is 0 Å². The van der Waals surface area contributed by atoms with Gasteiger partial charge in [-0.25, -0.2) is 0 Å². The molecule has 4 rings (SSSR count). The summed E-state index contributed by atoms with van der Waals surface area (Å²) in [4.78, 5) is 5.15. The van der Waals surface area contributed by atoms with Crippen molar-refractivity contribution >= 4 is 11.4 Å². The predicted octanol–water partition coefficient (Wildman–Crippen LogP) is 2.35. The molecular formula is C19H27N5O. The number of rotatable bonds is 3. The first-order chi connectivity index (χ1) is 12.2. The largest absolute Gasteiger partial charge is 0.495 e. The number of hydrogen-bond acceptors (Lipinski definition) is 5. The summed E-state index contributed by atoms with van der Waals surface area (Å²) in [5.41, 5.74) is 10.3. The Hall–Kier alpha value is -2.21. The quantitative estimate of drug-likeness (QED) is 0.869. The van der Waals surface area contributed by atoms with Crippen molar-refractivity contribution in [1.82, 2.24) is 14.7 Å². The van der Waals surface area contributed by atoms with Crippen LogP contribution in [0.25, 0.3) is 11.1 Å². The van der Waals surface area contributed by atoms with Gasteiger partial charge in [-0.1, -0.05) is 6.42 Å². The molecule has 0 spiro atoms. The Morgan fingerprint density at radius 2 is 2.08 bits per heavy atom. The number of methoxy groups -OCH3 is 1. The third-order valence-electron chi connectivity index (χ3n) is 5.54. The van der Waals surface area contributed by atoms with Gasteiger partial charge in [0.05, 0.1) is 19.0 Å². The molecule has 0 amide bonds. The zero-order chi connectivity index (χ0) is 17.4. The van der Waals surface area contributed by atoms with Crippen molar-refractivity contribution < 1.29 is 4.74 Å². The lowest BCUT2D eigenvalue weighted by Crippen LogP contribution is -2.55. The number of anilines is 2. The topological polar surface area (TPSA) is 59.5 Å². The molecule has 0 aliphatic carbocycles. The molecule has 2 fully saturated rings. The van der Waals surface area contributed by atoms with Gasteiger partial charge in [-0.3, -0.25) is 9.58 Å². The maximum atomic E-state index is 6.20. The van der Waals surface area contributed by atoms with E-state index in [4.69, 9.17) is 10.5 Å². The number of aryl methyl sites for hydroxylation is 1. The molecule has 2 N–H and O–H groups in total. The summed E-state index contributed by atoms with van der Waals surface area (Å²) in [7, 11) is 3.62. The molecule has 6 nitrogen and oxygen atoms in total. The van der Waals surface area contributed by atoms with Crippen molar-refractivity contribution in [3.8, 4) is 16.9 Å². The highest BCUT2D eigenvalue weighted by Gasteiger charge is 2.30. The molecule has 6 heteroatoms. The van der Waals surface area contributed by atoms with E-state index in [-0.39, 0.29) is 0 Å². The lowest BCUT2D eigenvalue weighted by Gasteiger charge is -2.45. The Morgan fingerprint density at radius 3 is 2.84 bits per heavy atom. The minimum absolute atomic E-state index is 0.660. The number of nitrogen functional groups attached to an aromatic ring is 1. The third kappa shape index (κ3) is 3.06. The molecule has 2 aromatic rings. The minimum Gasteiger partial charge on any atom is -0.495 e. The van der Waals surface area contributed by atoms with Crippen LogP contribution >= 0.6 is 0 Å². The van der Waals surface area contributed by atoms with Crippen LogP contribution in [0, 0.1) is 0 Å². The van der Waals surface area contributed by atoms with Gasteiger partial charge in [0.15, 0.2) is 0 Å². The van der Waals surface area contributed by atoms with E-state index < -0.39 is 0 Å². The average molecular weight is 341 g/mol. The normalized spacial score (nSPS) is 21.2. The summed E-state index contributed by atoms with van der Waals surface area (Å²) >= 11 is 0. The third-order valence-corrected chi connectivity index (χ3v) is 5.54. The summed E-state index contributed by atoms with van der Waals surface area (Å²) in [5, 5.41) is 4.33. The van der Waals surface area contributed by atoms with Crippen LogP contribution in [-0.2, 0) is 7.05 Å². The standard InChI is InChI=1S/C19H27N5O/c1-22-12-14(11-21-22)16-9-17(20)19(25-2)10-18(16)24-8-7-23-6-4-3-5-15(23)13-24/h9-12,15H,3-8,13,20H2,1-2H3/t15-/m1/s1. The number of piperazine rings is 1. The van der Waals surface area contributed by atoms with Crippen molar-refractivity contribution in [2.24, 2.45) is 7.05 Å². The van der Waals surface area contributed by atoms with E-state index in [1.165, 1.54) is 31.5 Å². The fraction of sp³-hybridized carbons (Fsp3) is 0.526. The molecule has 3 heterocycles.